The Labute approximate surface area is 96.2 Å². The summed E-state index contributed by atoms with van der Waals surface area (Å²) in [5, 5.41) is 3.85. The molecule has 1 rings (SSSR count). The van der Waals surface area contributed by atoms with Crippen LogP contribution in [0.3, 0.4) is 0 Å². The van der Waals surface area contributed by atoms with Crippen LogP contribution in [-0.2, 0) is 7.05 Å². The van der Waals surface area contributed by atoms with Gasteiger partial charge < -0.3 is 0 Å². The molecule has 0 saturated carbocycles. The van der Waals surface area contributed by atoms with Crippen molar-refractivity contribution in [1.29, 1.82) is 0 Å². The predicted octanol–water partition coefficient (Wildman–Crippen LogP) is 3.09. The van der Waals surface area contributed by atoms with Crippen LogP contribution in [0.4, 0.5) is 0 Å². The molecule has 0 aromatic carbocycles. The van der Waals surface area contributed by atoms with Gasteiger partial charge in [-0.05, 0) is 11.8 Å². The standard InChI is InChI=1S/C11H18ClN3/c1-8(11(2,3)4)6-9(12)10-13-7-14-15(10)5/h7,9H,1,6H2,2-5H3/t9-/m1/s1. The average molecular weight is 228 g/mol. The number of aryl methyl sites for hydroxylation is 1. The minimum atomic E-state index is -0.149. The van der Waals surface area contributed by atoms with Crippen LogP contribution >= 0.6 is 11.6 Å². The summed E-state index contributed by atoms with van der Waals surface area (Å²) in [6.07, 6.45) is 2.25. The molecule has 4 heteroatoms. The number of alkyl halides is 1. The largest absolute Gasteiger partial charge is 0.252 e. The number of hydrogen-bond acceptors (Lipinski definition) is 2. The second kappa shape index (κ2) is 4.35. The molecule has 0 bridgehead atoms. The topological polar surface area (TPSA) is 30.7 Å². The zero-order chi connectivity index (χ0) is 11.6. The summed E-state index contributed by atoms with van der Waals surface area (Å²) in [6, 6.07) is 0. The highest BCUT2D eigenvalue weighted by atomic mass is 35.5. The number of aromatic nitrogens is 3. The molecule has 0 aliphatic carbocycles. The number of nitrogens with zero attached hydrogens (tertiary/aromatic N) is 3. The summed E-state index contributed by atoms with van der Waals surface area (Å²) in [5.41, 5.74) is 1.22. The van der Waals surface area contributed by atoms with Gasteiger partial charge in [-0.25, -0.2) is 4.98 Å². The van der Waals surface area contributed by atoms with Crippen LogP contribution in [-0.4, -0.2) is 14.8 Å². The number of allylic oxidation sites excluding steroid dienone is 1. The van der Waals surface area contributed by atoms with Gasteiger partial charge in [-0.3, -0.25) is 4.68 Å². The molecule has 0 radical (unpaired) electrons. The van der Waals surface area contributed by atoms with Crippen molar-refractivity contribution in [2.24, 2.45) is 12.5 Å². The second-order valence-corrected chi connectivity index (χ2v) is 5.29. The predicted molar refractivity (Wildman–Crippen MR) is 62.8 cm³/mol. The summed E-state index contributed by atoms with van der Waals surface area (Å²) in [4.78, 5) is 4.13. The Kier molecular flexibility index (Phi) is 3.55. The number of hydrogen-bond donors (Lipinski definition) is 0. The van der Waals surface area contributed by atoms with E-state index in [4.69, 9.17) is 11.6 Å². The summed E-state index contributed by atoms with van der Waals surface area (Å²) in [6.45, 7) is 10.5. The third-order valence-corrected chi connectivity index (χ3v) is 2.86. The molecule has 0 amide bonds. The fourth-order valence-corrected chi connectivity index (χ4v) is 1.59. The SMILES string of the molecule is C=C(C[C@@H](Cl)c1ncnn1C)C(C)(C)C. The quantitative estimate of drug-likeness (QED) is 0.587. The lowest BCUT2D eigenvalue weighted by Crippen LogP contribution is -2.12. The molecular formula is C11H18ClN3. The molecule has 1 atom stereocenters. The Morgan fingerprint density at radius 2 is 2.20 bits per heavy atom. The monoisotopic (exact) mass is 227 g/mol. The lowest BCUT2D eigenvalue weighted by molar-refractivity contribution is 0.478. The Morgan fingerprint density at radius 3 is 2.60 bits per heavy atom. The Morgan fingerprint density at radius 1 is 1.60 bits per heavy atom. The van der Waals surface area contributed by atoms with E-state index in [1.165, 1.54) is 6.33 Å². The van der Waals surface area contributed by atoms with Gasteiger partial charge >= 0.3 is 0 Å². The third kappa shape index (κ3) is 3.06. The zero-order valence-electron chi connectivity index (χ0n) is 9.79. The maximum absolute atomic E-state index is 6.27. The van der Waals surface area contributed by atoms with E-state index in [0.29, 0.717) is 0 Å². The molecule has 0 aliphatic rings. The molecule has 0 unspecified atom stereocenters. The van der Waals surface area contributed by atoms with Crippen LogP contribution in [0.1, 0.15) is 38.4 Å². The van der Waals surface area contributed by atoms with Crippen LogP contribution in [0.2, 0.25) is 0 Å². The highest BCUT2D eigenvalue weighted by Gasteiger charge is 2.21. The van der Waals surface area contributed by atoms with E-state index in [-0.39, 0.29) is 10.8 Å². The van der Waals surface area contributed by atoms with E-state index in [1.54, 1.807) is 4.68 Å². The minimum absolute atomic E-state index is 0.0890. The highest BCUT2D eigenvalue weighted by molar-refractivity contribution is 6.20. The van der Waals surface area contributed by atoms with Gasteiger partial charge in [0.15, 0.2) is 0 Å². The van der Waals surface area contributed by atoms with Gasteiger partial charge in [-0.2, -0.15) is 5.10 Å². The molecule has 15 heavy (non-hydrogen) atoms. The molecule has 0 N–H and O–H groups in total. The Bertz CT molecular complexity index is 349. The first kappa shape index (κ1) is 12.2. The van der Waals surface area contributed by atoms with E-state index in [1.807, 2.05) is 7.05 Å². The molecular weight excluding hydrogens is 210 g/mol. The summed E-state index contributed by atoms with van der Waals surface area (Å²) in [7, 11) is 1.84. The van der Waals surface area contributed by atoms with Crippen molar-refractivity contribution in [3.8, 4) is 0 Å². The molecule has 1 aromatic heterocycles. The first-order valence-corrected chi connectivity index (χ1v) is 5.42. The Hall–Kier alpha value is -0.830. The first-order chi connectivity index (χ1) is 6.82. The van der Waals surface area contributed by atoms with Crippen LogP contribution in [0, 0.1) is 5.41 Å². The molecule has 0 aliphatic heterocycles. The second-order valence-electron chi connectivity index (χ2n) is 4.77. The van der Waals surface area contributed by atoms with Gasteiger partial charge in [0.1, 0.15) is 12.2 Å². The van der Waals surface area contributed by atoms with E-state index in [0.717, 1.165) is 17.8 Å². The van der Waals surface area contributed by atoms with Crippen molar-refractivity contribution >= 4 is 11.6 Å². The van der Waals surface area contributed by atoms with Crippen molar-refractivity contribution in [3.05, 3.63) is 24.3 Å². The van der Waals surface area contributed by atoms with E-state index in [9.17, 15) is 0 Å². The molecule has 3 nitrogen and oxygen atoms in total. The van der Waals surface area contributed by atoms with Gasteiger partial charge in [0, 0.05) is 7.05 Å². The van der Waals surface area contributed by atoms with Crippen molar-refractivity contribution in [3.63, 3.8) is 0 Å². The smallest absolute Gasteiger partial charge is 0.144 e. The van der Waals surface area contributed by atoms with Crippen LogP contribution in [0.15, 0.2) is 18.5 Å². The zero-order valence-corrected chi connectivity index (χ0v) is 10.5. The van der Waals surface area contributed by atoms with E-state index in [2.05, 4.69) is 37.4 Å². The fourth-order valence-electron chi connectivity index (χ4n) is 1.20. The van der Waals surface area contributed by atoms with Gasteiger partial charge in [0.25, 0.3) is 0 Å². The van der Waals surface area contributed by atoms with Crippen molar-refractivity contribution < 1.29 is 0 Å². The highest BCUT2D eigenvalue weighted by Crippen LogP contribution is 2.33. The maximum Gasteiger partial charge on any atom is 0.144 e. The molecule has 1 heterocycles. The lowest BCUT2D eigenvalue weighted by Gasteiger charge is -2.23. The van der Waals surface area contributed by atoms with Gasteiger partial charge in [0.05, 0.1) is 5.38 Å². The molecule has 84 valence electrons. The third-order valence-electron chi connectivity index (χ3n) is 2.51. The fraction of sp³-hybridized carbons (Fsp3) is 0.636. The minimum Gasteiger partial charge on any atom is -0.252 e. The Balaban J connectivity index is 2.69. The summed E-state index contributed by atoms with van der Waals surface area (Å²) < 4.78 is 1.70. The maximum atomic E-state index is 6.27. The molecule has 0 spiro atoms. The molecule has 0 fully saturated rings. The van der Waals surface area contributed by atoms with Gasteiger partial charge in [0.2, 0.25) is 0 Å². The van der Waals surface area contributed by atoms with Gasteiger partial charge in [-0.1, -0.05) is 32.9 Å². The number of halogens is 1. The summed E-state index contributed by atoms with van der Waals surface area (Å²) in [5.74, 6) is 0.794. The van der Waals surface area contributed by atoms with E-state index >= 15 is 0 Å². The molecule has 1 aromatic rings. The van der Waals surface area contributed by atoms with Crippen molar-refractivity contribution in [1.82, 2.24) is 14.8 Å². The van der Waals surface area contributed by atoms with Crippen molar-refractivity contribution in [2.75, 3.05) is 0 Å². The molecule has 0 saturated heterocycles. The van der Waals surface area contributed by atoms with Crippen LogP contribution in [0.5, 0.6) is 0 Å². The van der Waals surface area contributed by atoms with Crippen LogP contribution in [0.25, 0.3) is 0 Å². The number of rotatable bonds is 3. The van der Waals surface area contributed by atoms with Gasteiger partial charge in [-0.15, -0.1) is 11.6 Å². The summed E-state index contributed by atoms with van der Waals surface area (Å²) >= 11 is 6.27. The lowest BCUT2D eigenvalue weighted by atomic mass is 9.85. The van der Waals surface area contributed by atoms with Crippen LogP contribution < -0.4 is 0 Å². The average Bonchev–Trinajstić information content (AvgIpc) is 2.49. The first-order valence-electron chi connectivity index (χ1n) is 4.98. The van der Waals surface area contributed by atoms with E-state index < -0.39 is 0 Å². The van der Waals surface area contributed by atoms with Crippen molar-refractivity contribution in [2.45, 2.75) is 32.6 Å². The normalized spacial score (nSPS) is 13.9.